The van der Waals surface area contributed by atoms with Crippen molar-refractivity contribution >= 4 is 22.2 Å². The Bertz CT molecular complexity index is 1060. The number of halogens is 1. The van der Waals surface area contributed by atoms with Crippen LogP contribution in [-0.4, -0.2) is 27.0 Å². The van der Waals surface area contributed by atoms with Crippen LogP contribution in [0.4, 0.5) is 4.39 Å². The maximum Gasteiger partial charge on any atom is 0.227 e. The molecule has 7 heteroatoms. The lowest BCUT2D eigenvalue weighted by atomic mass is 9.91. The molecule has 2 heterocycles. The van der Waals surface area contributed by atoms with E-state index in [9.17, 15) is 9.18 Å². The first-order valence-electron chi connectivity index (χ1n) is 9.04. The second-order valence-electron chi connectivity index (χ2n) is 6.52. The molecule has 1 amide bonds. The average molecular weight is 394 g/mol. The SMILES string of the molecule is O=C(NCCc1csc2ncnn12)C(Cc1ccccc1)c1ccc(F)cc1. The summed E-state index contributed by atoms with van der Waals surface area (Å²) >= 11 is 1.53. The van der Waals surface area contributed by atoms with Crippen LogP contribution in [0.5, 0.6) is 0 Å². The van der Waals surface area contributed by atoms with Crippen molar-refractivity contribution in [3.63, 3.8) is 0 Å². The predicted octanol–water partition coefficient (Wildman–Crippen LogP) is 3.62. The van der Waals surface area contributed by atoms with Crippen molar-refractivity contribution in [3.8, 4) is 0 Å². The van der Waals surface area contributed by atoms with E-state index in [0.29, 0.717) is 19.4 Å². The van der Waals surface area contributed by atoms with Crippen LogP contribution in [0, 0.1) is 5.82 Å². The van der Waals surface area contributed by atoms with Crippen LogP contribution in [0.1, 0.15) is 22.7 Å². The Hall–Kier alpha value is -3.06. The highest BCUT2D eigenvalue weighted by Crippen LogP contribution is 2.22. The molecule has 5 nitrogen and oxygen atoms in total. The molecule has 0 radical (unpaired) electrons. The molecule has 0 bridgehead atoms. The highest BCUT2D eigenvalue weighted by molar-refractivity contribution is 7.15. The molecule has 0 saturated carbocycles. The second kappa shape index (κ2) is 8.31. The molecular weight excluding hydrogens is 375 g/mol. The molecule has 1 unspecified atom stereocenters. The Morgan fingerprint density at radius 3 is 2.71 bits per heavy atom. The van der Waals surface area contributed by atoms with Crippen LogP contribution in [0.15, 0.2) is 66.3 Å². The quantitative estimate of drug-likeness (QED) is 0.521. The standard InChI is InChI=1S/C21H19FN4OS/c22-17-8-6-16(7-9-17)19(12-15-4-2-1-3-5-15)20(27)23-11-10-18-13-28-21-24-14-25-26(18)21/h1-9,13-14,19H,10-12H2,(H,23,27). The molecule has 4 aromatic rings. The fourth-order valence-electron chi connectivity index (χ4n) is 3.19. The molecule has 0 saturated heterocycles. The van der Waals surface area contributed by atoms with Gasteiger partial charge in [-0.2, -0.15) is 5.10 Å². The number of rotatable bonds is 7. The van der Waals surface area contributed by atoms with Gasteiger partial charge in [0.05, 0.1) is 11.6 Å². The molecule has 1 atom stereocenters. The Morgan fingerprint density at radius 2 is 1.93 bits per heavy atom. The number of hydrogen-bond acceptors (Lipinski definition) is 4. The van der Waals surface area contributed by atoms with Crippen molar-refractivity contribution in [2.24, 2.45) is 0 Å². The number of carbonyl (C=O) groups excluding carboxylic acids is 1. The summed E-state index contributed by atoms with van der Waals surface area (Å²) in [6.45, 7) is 0.497. The van der Waals surface area contributed by atoms with Crippen LogP contribution in [-0.2, 0) is 17.6 Å². The normalized spacial score (nSPS) is 12.2. The van der Waals surface area contributed by atoms with Gasteiger partial charge in [0.2, 0.25) is 10.9 Å². The zero-order valence-corrected chi connectivity index (χ0v) is 15.9. The van der Waals surface area contributed by atoms with Crippen molar-refractivity contribution in [2.75, 3.05) is 6.54 Å². The minimum Gasteiger partial charge on any atom is -0.355 e. The molecule has 1 N–H and O–H groups in total. The highest BCUT2D eigenvalue weighted by atomic mass is 32.1. The zero-order chi connectivity index (χ0) is 19.3. The van der Waals surface area contributed by atoms with E-state index < -0.39 is 0 Å². The van der Waals surface area contributed by atoms with Crippen LogP contribution in [0.25, 0.3) is 4.96 Å². The maximum atomic E-state index is 13.3. The molecule has 0 spiro atoms. The smallest absolute Gasteiger partial charge is 0.227 e. The molecule has 4 rings (SSSR count). The van der Waals surface area contributed by atoms with E-state index in [1.54, 1.807) is 16.6 Å². The molecule has 0 aliphatic carbocycles. The van der Waals surface area contributed by atoms with E-state index in [-0.39, 0.29) is 17.6 Å². The highest BCUT2D eigenvalue weighted by Gasteiger charge is 2.21. The van der Waals surface area contributed by atoms with E-state index in [1.807, 2.05) is 35.7 Å². The fourth-order valence-corrected chi connectivity index (χ4v) is 4.02. The summed E-state index contributed by atoms with van der Waals surface area (Å²) in [5.41, 5.74) is 2.88. The van der Waals surface area contributed by atoms with Gasteiger partial charge in [-0.3, -0.25) is 4.79 Å². The first-order valence-corrected chi connectivity index (χ1v) is 9.92. The first kappa shape index (κ1) is 18.3. The monoisotopic (exact) mass is 394 g/mol. The molecule has 0 aliphatic heterocycles. The number of nitrogens with zero attached hydrogens (tertiary/aromatic N) is 3. The van der Waals surface area contributed by atoms with Gasteiger partial charge in [-0.15, -0.1) is 11.3 Å². The molecule has 28 heavy (non-hydrogen) atoms. The van der Waals surface area contributed by atoms with Crippen LogP contribution < -0.4 is 5.32 Å². The van der Waals surface area contributed by atoms with Crippen molar-refractivity contribution < 1.29 is 9.18 Å². The average Bonchev–Trinajstić information content (AvgIpc) is 3.32. The molecular formula is C21H19FN4OS. The van der Waals surface area contributed by atoms with E-state index in [0.717, 1.165) is 21.8 Å². The largest absolute Gasteiger partial charge is 0.355 e. The van der Waals surface area contributed by atoms with Crippen molar-refractivity contribution in [2.45, 2.75) is 18.8 Å². The number of carbonyl (C=O) groups is 1. The summed E-state index contributed by atoms with van der Waals surface area (Å²) in [5, 5.41) is 9.22. The number of hydrogen-bond donors (Lipinski definition) is 1. The lowest BCUT2D eigenvalue weighted by molar-refractivity contribution is -0.122. The molecule has 0 fully saturated rings. The topological polar surface area (TPSA) is 59.3 Å². The number of fused-ring (bicyclic) bond motifs is 1. The summed E-state index contributed by atoms with van der Waals surface area (Å²) in [7, 11) is 0. The third kappa shape index (κ3) is 4.09. The van der Waals surface area contributed by atoms with Gasteiger partial charge in [0, 0.05) is 18.3 Å². The van der Waals surface area contributed by atoms with Gasteiger partial charge in [0.15, 0.2) is 0 Å². The van der Waals surface area contributed by atoms with E-state index >= 15 is 0 Å². The van der Waals surface area contributed by atoms with Crippen molar-refractivity contribution in [3.05, 3.63) is 88.9 Å². The maximum absolute atomic E-state index is 13.3. The lowest BCUT2D eigenvalue weighted by Crippen LogP contribution is -2.32. The number of aromatic nitrogens is 3. The minimum absolute atomic E-state index is 0.0690. The van der Waals surface area contributed by atoms with Crippen LogP contribution in [0.2, 0.25) is 0 Å². The summed E-state index contributed by atoms with van der Waals surface area (Å²) in [5.74, 6) is -0.755. The number of nitrogens with one attached hydrogen (secondary N) is 1. The van der Waals surface area contributed by atoms with Gasteiger partial charge in [-0.1, -0.05) is 42.5 Å². The Labute approximate surface area is 165 Å². The Kier molecular flexibility index (Phi) is 5.43. The zero-order valence-electron chi connectivity index (χ0n) is 15.1. The number of benzene rings is 2. The van der Waals surface area contributed by atoms with Gasteiger partial charge >= 0.3 is 0 Å². The van der Waals surface area contributed by atoms with Gasteiger partial charge in [0.25, 0.3) is 0 Å². The summed E-state index contributed by atoms with van der Waals surface area (Å²) < 4.78 is 15.1. The number of thiazole rings is 1. The third-order valence-corrected chi connectivity index (χ3v) is 5.52. The van der Waals surface area contributed by atoms with Crippen LogP contribution >= 0.6 is 11.3 Å². The molecule has 142 valence electrons. The number of amides is 1. The predicted molar refractivity (Wildman–Crippen MR) is 107 cm³/mol. The van der Waals surface area contributed by atoms with E-state index in [4.69, 9.17) is 0 Å². The first-order chi connectivity index (χ1) is 13.7. The summed E-state index contributed by atoms with van der Waals surface area (Å²) in [6.07, 6.45) is 2.75. The summed E-state index contributed by atoms with van der Waals surface area (Å²) in [4.78, 5) is 17.9. The van der Waals surface area contributed by atoms with Gasteiger partial charge in [-0.05, 0) is 29.7 Å². The van der Waals surface area contributed by atoms with Gasteiger partial charge in [-0.25, -0.2) is 13.9 Å². The second-order valence-corrected chi connectivity index (χ2v) is 7.35. The van der Waals surface area contributed by atoms with Gasteiger partial charge in [0.1, 0.15) is 12.1 Å². The Balaban J connectivity index is 1.46. The van der Waals surface area contributed by atoms with Gasteiger partial charge < -0.3 is 5.32 Å². The van der Waals surface area contributed by atoms with Crippen molar-refractivity contribution in [1.82, 2.24) is 19.9 Å². The molecule has 2 aromatic carbocycles. The third-order valence-electron chi connectivity index (χ3n) is 4.64. The van der Waals surface area contributed by atoms with E-state index in [2.05, 4.69) is 15.4 Å². The Morgan fingerprint density at radius 1 is 1.14 bits per heavy atom. The fraction of sp³-hybridized carbons (Fsp3) is 0.190. The minimum atomic E-state index is -0.378. The van der Waals surface area contributed by atoms with Crippen molar-refractivity contribution in [1.29, 1.82) is 0 Å². The lowest BCUT2D eigenvalue weighted by Gasteiger charge is -2.17. The molecule has 0 aliphatic rings. The van der Waals surface area contributed by atoms with E-state index in [1.165, 1.54) is 29.8 Å². The van der Waals surface area contributed by atoms with Crippen LogP contribution in [0.3, 0.4) is 0 Å². The summed E-state index contributed by atoms with van der Waals surface area (Å²) in [6, 6.07) is 16.0. The molecule has 2 aromatic heterocycles.